The van der Waals surface area contributed by atoms with Crippen LogP contribution in [0.1, 0.15) is 12.5 Å². The highest BCUT2D eigenvalue weighted by atomic mass is 32.2. The maximum Gasteiger partial charge on any atom is 0.241 e. The lowest BCUT2D eigenvalue weighted by molar-refractivity contribution is -0.118. The van der Waals surface area contributed by atoms with Gasteiger partial charge in [-0.25, -0.2) is 8.42 Å². The molecule has 19 heavy (non-hydrogen) atoms. The summed E-state index contributed by atoms with van der Waals surface area (Å²) in [5, 5.41) is 0. The summed E-state index contributed by atoms with van der Waals surface area (Å²) in [5.74, 6) is -0.363. The van der Waals surface area contributed by atoms with Crippen LogP contribution >= 0.6 is 0 Å². The van der Waals surface area contributed by atoms with Gasteiger partial charge >= 0.3 is 0 Å². The van der Waals surface area contributed by atoms with Crippen LogP contribution in [0.4, 0.5) is 5.69 Å². The van der Waals surface area contributed by atoms with E-state index in [1.165, 1.54) is 14.0 Å². The van der Waals surface area contributed by atoms with Crippen LogP contribution in [0.5, 0.6) is 5.75 Å². The fourth-order valence-electron chi connectivity index (χ4n) is 1.76. The van der Waals surface area contributed by atoms with Crippen LogP contribution in [0.3, 0.4) is 0 Å². The second-order valence-corrected chi connectivity index (χ2v) is 6.17. The largest absolute Gasteiger partial charge is 0.495 e. The number of hydrogen-bond donors (Lipinski definition) is 1. The predicted molar refractivity (Wildman–Crippen MR) is 73.7 cm³/mol. The highest BCUT2D eigenvalue weighted by Crippen LogP contribution is 2.32. The van der Waals surface area contributed by atoms with Crippen molar-refractivity contribution in [2.75, 3.05) is 17.7 Å². The van der Waals surface area contributed by atoms with Crippen LogP contribution in [0.15, 0.2) is 18.2 Å². The van der Waals surface area contributed by atoms with Gasteiger partial charge in [0.05, 0.1) is 19.1 Å². The third-order valence-corrected chi connectivity index (χ3v) is 3.92. The quantitative estimate of drug-likeness (QED) is 0.860. The number of aryl methyl sites for hydroxylation is 1. The normalized spacial score (nSPS) is 12.8. The number of carbonyl (C=O) groups is 1. The summed E-state index contributed by atoms with van der Waals surface area (Å²) >= 11 is 0. The minimum atomic E-state index is -3.66. The number of carbonyl (C=O) groups excluding carboxylic acids is 1. The van der Waals surface area contributed by atoms with Gasteiger partial charge in [-0.1, -0.05) is 6.07 Å². The first-order valence-corrected chi connectivity index (χ1v) is 7.46. The lowest BCUT2D eigenvalue weighted by Gasteiger charge is -2.28. The summed E-state index contributed by atoms with van der Waals surface area (Å²) in [6.07, 6.45) is 1.02. The number of primary amides is 1. The SMILES string of the molecule is COc1ccc(C)cc1N(C(C)C(N)=O)S(C)(=O)=O. The Morgan fingerprint density at radius 3 is 2.42 bits per heavy atom. The molecule has 0 aliphatic carbocycles. The van der Waals surface area contributed by atoms with Crippen LogP contribution in [0.2, 0.25) is 0 Å². The molecule has 0 bridgehead atoms. The first-order chi connectivity index (χ1) is 8.68. The first-order valence-electron chi connectivity index (χ1n) is 5.62. The van der Waals surface area contributed by atoms with Crippen molar-refractivity contribution in [3.05, 3.63) is 23.8 Å². The van der Waals surface area contributed by atoms with E-state index in [-0.39, 0.29) is 0 Å². The molecule has 1 atom stereocenters. The molecule has 0 aromatic heterocycles. The van der Waals surface area contributed by atoms with Gasteiger partial charge in [-0.15, -0.1) is 0 Å². The minimum absolute atomic E-state index is 0.302. The average molecular weight is 286 g/mol. The molecule has 1 aromatic carbocycles. The number of methoxy groups -OCH3 is 1. The monoisotopic (exact) mass is 286 g/mol. The molecule has 6 nitrogen and oxygen atoms in total. The second kappa shape index (κ2) is 5.48. The molecule has 7 heteroatoms. The van der Waals surface area contributed by atoms with Crippen molar-refractivity contribution in [2.24, 2.45) is 5.73 Å². The summed E-state index contributed by atoms with van der Waals surface area (Å²) in [4.78, 5) is 11.3. The molecule has 0 radical (unpaired) electrons. The predicted octanol–water partition coefficient (Wildman–Crippen LogP) is 0.643. The third-order valence-electron chi connectivity index (χ3n) is 2.69. The molecule has 2 N–H and O–H groups in total. The molecule has 0 saturated carbocycles. The number of rotatable bonds is 5. The van der Waals surface area contributed by atoms with E-state index in [1.54, 1.807) is 18.2 Å². The van der Waals surface area contributed by atoms with E-state index in [0.29, 0.717) is 11.4 Å². The molecule has 1 unspecified atom stereocenters. The number of anilines is 1. The van der Waals surface area contributed by atoms with Gasteiger partial charge in [0, 0.05) is 0 Å². The zero-order chi connectivity index (χ0) is 14.8. The van der Waals surface area contributed by atoms with Crippen LogP contribution in [-0.4, -0.2) is 33.7 Å². The number of hydrogen-bond acceptors (Lipinski definition) is 4. The van der Waals surface area contributed by atoms with Crippen molar-refractivity contribution in [1.29, 1.82) is 0 Å². The molecule has 0 heterocycles. The van der Waals surface area contributed by atoms with Crippen molar-refractivity contribution in [1.82, 2.24) is 0 Å². The molecule has 1 aromatic rings. The number of amides is 1. The van der Waals surface area contributed by atoms with Crippen molar-refractivity contribution in [2.45, 2.75) is 19.9 Å². The Bertz CT molecular complexity index is 583. The molecule has 0 saturated heterocycles. The molecule has 0 aliphatic heterocycles. The lowest BCUT2D eigenvalue weighted by Crippen LogP contribution is -2.46. The van der Waals surface area contributed by atoms with Gasteiger partial charge in [0.2, 0.25) is 15.9 Å². The van der Waals surface area contributed by atoms with E-state index in [1.807, 2.05) is 6.92 Å². The Balaban J connectivity index is 3.50. The standard InChI is InChI=1S/C12H18N2O4S/c1-8-5-6-11(18-3)10(7-8)14(19(4,16)17)9(2)12(13)15/h5-7,9H,1-4H3,(H2,13,15). The van der Waals surface area contributed by atoms with Gasteiger partial charge in [0.25, 0.3) is 0 Å². The van der Waals surface area contributed by atoms with Crippen LogP contribution in [-0.2, 0) is 14.8 Å². The van der Waals surface area contributed by atoms with Crippen molar-refractivity contribution in [3.63, 3.8) is 0 Å². The van der Waals surface area contributed by atoms with Crippen LogP contribution in [0.25, 0.3) is 0 Å². The van der Waals surface area contributed by atoms with Gasteiger partial charge in [0.15, 0.2) is 0 Å². The summed E-state index contributed by atoms with van der Waals surface area (Å²) in [6.45, 7) is 3.25. The molecule has 0 aliphatic rings. The summed E-state index contributed by atoms with van der Waals surface area (Å²) in [7, 11) is -2.22. The Kier molecular flexibility index (Phi) is 4.41. The smallest absolute Gasteiger partial charge is 0.241 e. The minimum Gasteiger partial charge on any atom is -0.495 e. The number of ether oxygens (including phenoxy) is 1. The van der Waals surface area contributed by atoms with E-state index in [9.17, 15) is 13.2 Å². The number of nitrogens with zero attached hydrogens (tertiary/aromatic N) is 1. The topological polar surface area (TPSA) is 89.7 Å². The second-order valence-electron chi connectivity index (χ2n) is 4.31. The summed E-state index contributed by atoms with van der Waals surface area (Å²) in [5.41, 5.74) is 6.37. The van der Waals surface area contributed by atoms with Gasteiger partial charge < -0.3 is 10.5 Å². The molecule has 1 rings (SSSR count). The highest BCUT2D eigenvalue weighted by Gasteiger charge is 2.29. The van der Waals surface area contributed by atoms with Gasteiger partial charge in [-0.3, -0.25) is 9.10 Å². The Labute approximate surface area is 113 Å². The summed E-state index contributed by atoms with van der Waals surface area (Å²) in [6, 6.07) is 4.08. The number of benzene rings is 1. The fraction of sp³-hybridized carbons (Fsp3) is 0.417. The van der Waals surface area contributed by atoms with E-state index >= 15 is 0 Å². The highest BCUT2D eigenvalue weighted by molar-refractivity contribution is 7.92. The van der Waals surface area contributed by atoms with E-state index < -0.39 is 22.0 Å². The number of sulfonamides is 1. The molecule has 0 spiro atoms. The van der Waals surface area contributed by atoms with E-state index in [0.717, 1.165) is 16.1 Å². The van der Waals surface area contributed by atoms with Crippen LogP contribution < -0.4 is 14.8 Å². The van der Waals surface area contributed by atoms with E-state index in [4.69, 9.17) is 10.5 Å². The average Bonchev–Trinajstić information content (AvgIpc) is 2.27. The lowest BCUT2D eigenvalue weighted by atomic mass is 10.2. The van der Waals surface area contributed by atoms with E-state index in [2.05, 4.69) is 0 Å². The maximum absolute atomic E-state index is 11.9. The molecule has 1 amide bonds. The van der Waals surface area contributed by atoms with Crippen molar-refractivity contribution >= 4 is 21.6 Å². The molecular formula is C12H18N2O4S. The third kappa shape index (κ3) is 3.37. The Morgan fingerprint density at radius 2 is 2.00 bits per heavy atom. The molecule has 0 fully saturated rings. The Morgan fingerprint density at radius 1 is 1.42 bits per heavy atom. The fourth-order valence-corrected chi connectivity index (χ4v) is 2.94. The zero-order valence-electron chi connectivity index (χ0n) is 11.4. The van der Waals surface area contributed by atoms with Gasteiger partial charge in [-0.2, -0.15) is 0 Å². The van der Waals surface area contributed by atoms with Crippen molar-refractivity contribution < 1.29 is 17.9 Å². The molecular weight excluding hydrogens is 268 g/mol. The zero-order valence-corrected chi connectivity index (χ0v) is 12.2. The summed E-state index contributed by atoms with van der Waals surface area (Å²) < 4.78 is 30.0. The van der Waals surface area contributed by atoms with Gasteiger partial charge in [-0.05, 0) is 31.5 Å². The van der Waals surface area contributed by atoms with Crippen molar-refractivity contribution in [3.8, 4) is 5.75 Å². The first kappa shape index (κ1) is 15.3. The Hall–Kier alpha value is -1.76. The number of nitrogens with two attached hydrogens (primary N) is 1. The van der Waals surface area contributed by atoms with Crippen LogP contribution in [0, 0.1) is 6.92 Å². The molecule has 106 valence electrons. The maximum atomic E-state index is 11.9. The van der Waals surface area contributed by atoms with Gasteiger partial charge in [0.1, 0.15) is 11.8 Å².